The Balaban J connectivity index is 2.17. The Bertz CT molecular complexity index is 366. The van der Waals surface area contributed by atoms with Crippen LogP contribution in [0.15, 0.2) is 6.07 Å². The Labute approximate surface area is 116 Å². The summed E-state index contributed by atoms with van der Waals surface area (Å²) in [5, 5.41) is 3.58. The van der Waals surface area contributed by atoms with Crippen molar-refractivity contribution >= 4 is 11.3 Å². The van der Waals surface area contributed by atoms with Crippen LogP contribution in [-0.4, -0.2) is 7.05 Å². The zero-order valence-corrected chi connectivity index (χ0v) is 13.2. The zero-order valence-electron chi connectivity index (χ0n) is 12.4. The third kappa shape index (κ3) is 2.97. The molecule has 0 aromatic carbocycles. The van der Waals surface area contributed by atoms with Gasteiger partial charge in [-0.1, -0.05) is 13.8 Å². The molecule has 1 aliphatic rings. The van der Waals surface area contributed by atoms with E-state index in [2.05, 4.69) is 46.1 Å². The van der Waals surface area contributed by atoms with Gasteiger partial charge in [-0.2, -0.15) is 0 Å². The van der Waals surface area contributed by atoms with Gasteiger partial charge in [-0.15, -0.1) is 11.3 Å². The molecule has 1 saturated carbocycles. The third-order valence-corrected chi connectivity index (χ3v) is 5.72. The standard InChI is InChI=1S/C16H27NS/c1-10-6-11(2)8-14(7-10)16(17-5)15-9-12(3)13(4)18-15/h9-11,14,16-17H,6-8H2,1-5H3. The summed E-state index contributed by atoms with van der Waals surface area (Å²) in [7, 11) is 2.12. The smallest absolute Gasteiger partial charge is 0.0441 e. The first-order chi connectivity index (χ1) is 8.51. The number of aryl methyl sites for hydroxylation is 2. The van der Waals surface area contributed by atoms with Crippen LogP contribution in [0.25, 0.3) is 0 Å². The lowest BCUT2D eigenvalue weighted by Crippen LogP contribution is -2.30. The lowest BCUT2D eigenvalue weighted by molar-refractivity contribution is 0.182. The molecule has 1 aromatic heterocycles. The van der Waals surface area contributed by atoms with Gasteiger partial charge in [0.05, 0.1) is 0 Å². The number of thiophene rings is 1. The first kappa shape index (κ1) is 14.1. The SMILES string of the molecule is CNC(c1cc(C)c(C)s1)C1CC(C)CC(C)C1. The Hall–Kier alpha value is -0.340. The monoisotopic (exact) mass is 265 g/mol. The molecular weight excluding hydrogens is 238 g/mol. The molecule has 1 nitrogen and oxygen atoms in total. The third-order valence-electron chi connectivity index (χ3n) is 4.49. The molecule has 0 saturated heterocycles. The maximum atomic E-state index is 3.58. The average Bonchev–Trinajstić information content (AvgIpc) is 2.58. The average molecular weight is 265 g/mol. The largest absolute Gasteiger partial charge is 0.312 e. The van der Waals surface area contributed by atoms with Crippen LogP contribution in [0.5, 0.6) is 0 Å². The summed E-state index contributed by atoms with van der Waals surface area (Å²) in [4.78, 5) is 3.01. The van der Waals surface area contributed by atoms with E-state index in [1.807, 2.05) is 11.3 Å². The van der Waals surface area contributed by atoms with Gasteiger partial charge in [0.25, 0.3) is 0 Å². The highest BCUT2D eigenvalue weighted by Gasteiger charge is 2.30. The molecule has 102 valence electrons. The summed E-state index contributed by atoms with van der Waals surface area (Å²) >= 11 is 1.98. The number of nitrogens with one attached hydrogen (secondary N) is 1. The molecule has 3 unspecified atom stereocenters. The molecule has 0 radical (unpaired) electrons. The highest BCUT2D eigenvalue weighted by molar-refractivity contribution is 7.12. The molecule has 1 heterocycles. The van der Waals surface area contributed by atoms with Gasteiger partial charge in [-0.25, -0.2) is 0 Å². The Morgan fingerprint density at radius 1 is 1.17 bits per heavy atom. The van der Waals surface area contributed by atoms with Gasteiger partial charge < -0.3 is 5.32 Å². The van der Waals surface area contributed by atoms with Crippen LogP contribution in [0, 0.1) is 31.6 Å². The fourth-order valence-electron chi connectivity index (χ4n) is 3.65. The Morgan fingerprint density at radius 2 is 1.78 bits per heavy atom. The molecule has 3 atom stereocenters. The molecule has 0 spiro atoms. The van der Waals surface area contributed by atoms with Crippen molar-refractivity contribution in [1.82, 2.24) is 5.32 Å². The van der Waals surface area contributed by atoms with E-state index >= 15 is 0 Å². The lowest BCUT2D eigenvalue weighted by Gasteiger charge is -2.36. The maximum Gasteiger partial charge on any atom is 0.0441 e. The van der Waals surface area contributed by atoms with Crippen LogP contribution in [0.1, 0.15) is 54.5 Å². The van der Waals surface area contributed by atoms with Crippen molar-refractivity contribution in [3.63, 3.8) is 0 Å². The molecule has 0 aliphatic heterocycles. The van der Waals surface area contributed by atoms with E-state index in [1.54, 1.807) is 4.88 Å². The molecule has 18 heavy (non-hydrogen) atoms. The van der Waals surface area contributed by atoms with Crippen LogP contribution in [0.3, 0.4) is 0 Å². The fourth-order valence-corrected chi connectivity index (χ4v) is 4.89. The van der Waals surface area contributed by atoms with Crippen molar-refractivity contribution in [3.05, 3.63) is 21.4 Å². The first-order valence-corrected chi connectivity index (χ1v) is 8.07. The van der Waals surface area contributed by atoms with Gasteiger partial charge in [0, 0.05) is 15.8 Å². The highest BCUT2D eigenvalue weighted by Crippen LogP contribution is 2.41. The van der Waals surface area contributed by atoms with Crippen molar-refractivity contribution in [3.8, 4) is 0 Å². The van der Waals surface area contributed by atoms with Crippen molar-refractivity contribution < 1.29 is 0 Å². The highest BCUT2D eigenvalue weighted by atomic mass is 32.1. The molecular formula is C16H27NS. The van der Waals surface area contributed by atoms with Gasteiger partial charge in [0.1, 0.15) is 0 Å². The second-order valence-electron chi connectivity index (χ2n) is 6.33. The van der Waals surface area contributed by atoms with Gasteiger partial charge in [-0.3, -0.25) is 0 Å². The van der Waals surface area contributed by atoms with E-state index in [0.717, 1.165) is 17.8 Å². The van der Waals surface area contributed by atoms with Crippen molar-refractivity contribution in [2.45, 2.75) is 53.0 Å². The lowest BCUT2D eigenvalue weighted by atomic mass is 9.73. The minimum Gasteiger partial charge on any atom is -0.312 e. The van der Waals surface area contributed by atoms with E-state index in [9.17, 15) is 0 Å². The summed E-state index contributed by atoms with van der Waals surface area (Å²) in [6.07, 6.45) is 4.17. The molecule has 1 fully saturated rings. The molecule has 0 bridgehead atoms. The summed E-state index contributed by atoms with van der Waals surface area (Å²) in [5.41, 5.74) is 1.45. The predicted octanol–water partition coefficient (Wildman–Crippen LogP) is 4.70. The van der Waals surface area contributed by atoms with Crippen molar-refractivity contribution in [2.75, 3.05) is 7.05 Å². The second-order valence-corrected chi connectivity index (χ2v) is 7.62. The zero-order chi connectivity index (χ0) is 13.3. The number of hydrogen-bond acceptors (Lipinski definition) is 2. The van der Waals surface area contributed by atoms with Crippen molar-refractivity contribution in [2.24, 2.45) is 17.8 Å². The molecule has 2 heteroatoms. The van der Waals surface area contributed by atoms with E-state index < -0.39 is 0 Å². The van der Waals surface area contributed by atoms with Crippen molar-refractivity contribution in [1.29, 1.82) is 0 Å². The Kier molecular flexibility index (Phi) is 4.50. The summed E-state index contributed by atoms with van der Waals surface area (Å²) in [5.74, 6) is 2.58. The normalized spacial score (nSPS) is 30.4. The number of hydrogen-bond donors (Lipinski definition) is 1. The fraction of sp³-hybridized carbons (Fsp3) is 0.750. The van der Waals surface area contributed by atoms with Crippen LogP contribution in [0.4, 0.5) is 0 Å². The van der Waals surface area contributed by atoms with Gasteiger partial charge >= 0.3 is 0 Å². The molecule has 0 amide bonds. The summed E-state index contributed by atoms with van der Waals surface area (Å²) in [6.45, 7) is 9.30. The second kappa shape index (κ2) is 5.75. The number of rotatable bonds is 3. The van der Waals surface area contributed by atoms with E-state index in [4.69, 9.17) is 0 Å². The summed E-state index contributed by atoms with van der Waals surface area (Å²) in [6, 6.07) is 2.96. The Morgan fingerprint density at radius 3 is 2.22 bits per heavy atom. The molecule has 1 aliphatic carbocycles. The van der Waals surface area contributed by atoms with Crippen LogP contribution in [0.2, 0.25) is 0 Å². The topological polar surface area (TPSA) is 12.0 Å². The first-order valence-electron chi connectivity index (χ1n) is 7.25. The van der Waals surface area contributed by atoms with E-state index in [1.165, 1.54) is 29.7 Å². The van der Waals surface area contributed by atoms with E-state index in [0.29, 0.717) is 6.04 Å². The van der Waals surface area contributed by atoms with E-state index in [-0.39, 0.29) is 0 Å². The molecule has 1 aromatic rings. The molecule has 1 N–H and O–H groups in total. The minimum absolute atomic E-state index is 0.563. The van der Waals surface area contributed by atoms with Crippen LogP contribution in [-0.2, 0) is 0 Å². The van der Waals surface area contributed by atoms with Crippen LogP contribution >= 0.6 is 11.3 Å². The van der Waals surface area contributed by atoms with Gasteiger partial charge in [0.15, 0.2) is 0 Å². The predicted molar refractivity (Wildman–Crippen MR) is 81.3 cm³/mol. The van der Waals surface area contributed by atoms with Crippen LogP contribution < -0.4 is 5.32 Å². The van der Waals surface area contributed by atoms with Gasteiger partial charge in [-0.05, 0) is 69.5 Å². The maximum absolute atomic E-state index is 3.58. The summed E-state index contributed by atoms with van der Waals surface area (Å²) < 4.78 is 0. The quantitative estimate of drug-likeness (QED) is 0.835. The molecule has 2 rings (SSSR count). The van der Waals surface area contributed by atoms with Gasteiger partial charge in [0.2, 0.25) is 0 Å². The minimum atomic E-state index is 0.563.